The Morgan fingerprint density at radius 1 is 1.68 bits per heavy atom. The number of hydrogen-bond donors (Lipinski definition) is 2. The molecule has 1 aromatic rings. The Kier molecular flexibility index (Phi) is 4.51. The quantitative estimate of drug-likeness (QED) is 0.827. The highest BCUT2D eigenvalue weighted by molar-refractivity contribution is 8.02. The fraction of sp³-hybridized carbons (Fsp3) is 0.636. The molecule has 1 aliphatic rings. The van der Waals surface area contributed by atoms with Crippen LogP contribution in [0.5, 0.6) is 0 Å². The van der Waals surface area contributed by atoms with Crippen LogP contribution in [0, 0.1) is 0 Å². The maximum atomic E-state index is 11.8. The Labute approximate surface area is 116 Å². The third kappa shape index (κ3) is 4.24. The number of nitrogens with zero attached hydrogens (tertiary/aromatic N) is 1. The molecule has 106 valence electrons. The topological polar surface area (TPSA) is 91.9 Å². The van der Waals surface area contributed by atoms with Crippen LogP contribution >= 0.6 is 11.8 Å². The Morgan fingerprint density at radius 3 is 3.05 bits per heavy atom. The maximum absolute atomic E-state index is 11.8. The van der Waals surface area contributed by atoms with Crippen molar-refractivity contribution in [1.29, 1.82) is 0 Å². The summed E-state index contributed by atoms with van der Waals surface area (Å²) in [5.74, 6) is 0.658. The molecular formula is C11H17N3O3S2. The molecule has 2 N–H and O–H groups in total. The molecule has 2 rings (SSSR count). The number of H-pyrrole nitrogens is 1. The van der Waals surface area contributed by atoms with Gasteiger partial charge in [0.1, 0.15) is 0 Å². The molecule has 1 saturated heterocycles. The molecule has 1 amide bonds. The summed E-state index contributed by atoms with van der Waals surface area (Å²) in [5, 5.41) is 9.44. The van der Waals surface area contributed by atoms with Gasteiger partial charge in [0.15, 0.2) is 9.84 Å². The van der Waals surface area contributed by atoms with Gasteiger partial charge in [-0.2, -0.15) is 5.10 Å². The van der Waals surface area contributed by atoms with Crippen molar-refractivity contribution < 1.29 is 13.2 Å². The fourth-order valence-corrected chi connectivity index (χ4v) is 5.40. The molecule has 0 spiro atoms. The molecule has 8 heteroatoms. The van der Waals surface area contributed by atoms with Crippen molar-refractivity contribution in [3.05, 3.63) is 18.0 Å². The van der Waals surface area contributed by atoms with Crippen LogP contribution in [0.15, 0.2) is 12.4 Å². The predicted octanol–water partition coefficient (Wildman–Crippen LogP) is 0.507. The molecule has 6 nitrogen and oxygen atoms in total. The van der Waals surface area contributed by atoms with Crippen LogP contribution in [0.25, 0.3) is 0 Å². The van der Waals surface area contributed by atoms with E-state index in [2.05, 4.69) is 15.5 Å². The van der Waals surface area contributed by atoms with E-state index in [0.29, 0.717) is 12.2 Å². The molecule has 2 atom stereocenters. The van der Waals surface area contributed by atoms with Crippen LogP contribution in [0.2, 0.25) is 0 Å². The van der Waals surface area contributed by atoms with Crippen molar-refractivity contribution in [1.82, 2.24) is 15.5 Å². The molecule has 1 aliphatic heterocycles. The second-order valence-corrected chi connectivity index (χ2v) is 8.17. The third-order valence-corrected chi connectivity index (χ3v) is 6.32. The number of nitrogens with one attached hydrogen (secondary N) is 2. The second-order valence-electron chi connectivity index (χ2n) is 4.66. The van der Waals surface area contributed by atoms with Gasteiger partial charge < -0.3 is 5.32 Å². The normalized spacial score (nSPS) is 23.1. The summed E-state index contributed by atoms with van der Waals surface area (Å²) in [7, 11) is -2.87. The molecule has 2 heterocycles. The molecule has 0 radical (unpaired) electrons. The van der Waals surface area contributed by atoms with Crippen LogP contribution in [-0.2, 0) is 14.6 Å². The number of carbonyl (C=O) groups is 1. The minimum absolute atomic E-state index is 0.0555. The number of aromatic amines is 1. The molecule has 2 unspecified atom stereocenters. The van der Waals surface area contributed by atoms with Crippen molar-refractivity contribution in [2.24, 2.45) is 0 Å². The van der Waals surface area contributed by atoms with Crippen LogP contribution in [0.4, 0.5) is 0 Å². The first-order valence-electron chi connectivity index (χ1n) is 6.06. The average Bonchev–Trinajstić information content (AvgIpc) is 2.95. The zero-order chi connectivity index (χ0) is 13.9. The van der Waals surface area contributed by atoms with Crippen molar-refractivity contribution in [3.63, 3.8) is 0 Å². The molecule has 0 aromatic carbocycles. The van der Waals surface area contributed by atoms with E-state index >= 15 is 0 Å². The van der Waals surface area contributed by atoms with Gasteiger partial charge in [-0.25, -0.2) is 8.42 Å². The smallest absolute Gasteiger partial charge is 0.230 e. The van der Waals surface area contributed by atoms with Crippen LogP contribution in [0.3, 0.4) is 0 Å². The van der Waals surface area contributed by atoms with Gasteiger partial charge in [-0.3, -0.25) is 9.89 Å². The molecule has 0 aliphatic carbocycles. The van der Waals surface area contributed by atoms with Gasteiger partial charge in [0.25, 0.3) is 0 Å². The highest BCUT2D eigenvalue weighted by Crippen LogP contribution is 2.24. The van der Waals surface area contributed by atoms with Crippen LogP contribution in [-0.4, -0.2) is 47.0 Å². The van der Waals surface area contributed by atoms with E-state index < -0.39 is 9.84 Å². The van der Waals surface area contributed by atoms with Crippen molar-refractivity contribution in [2.45, 2.75) is 24.6 Å². The lowest BCUT2D eigenvalue weighted by Crippen LogP contribution is -2.28. The van der Waals surface area contributed by atoms with Gasteiger partial charge in [-0.1, -0.05) is 0 Å². The molecule has 0 saturated carbocycles. The number of sulfone groups is 1. The van der Waals surface area contributed by atoms with Gasteiger partial charge in [0, 0.05) is 17.0 Å². The van der Waals surface area contributed by atoms with Gasteiger partial charge >= 0.3 is 0 Å². The van der Waals surface area contributed by atoms with E-state index in [9.17, 15) is 13.2 Å². The highest BCUT2D eigenvalue weighted by Gasteiger charge is 2.28. The summed E-state index contributed by atoms with van der Waals surface area (Å²) in [5.41, 5.74) is 0.918. The number of hydrogen-bond acceptors (Lipinski definition) is 5. The van der Waals surface area contributed by atoms with E-state index in [4.69, 9.17) is 0 Å². The summed E-state index contributed by atoms with van der Waals surface area (Å²) in [6.45, 7) is 1.88. The largest absolute Gasteiger partial charge is 0.349 e. The molecule has 0 bridgehead atoms. The lowest BCUT2D eigenvalue weighted by atomic mass is 10.2. The molecular weight excluding hydrogens is 286 g/mol. The summed E-state index contributed by atoms with van der Waals surface area (Å²) in [6.07, 6.45) is 4.06. The number of aromatic nitrogens is 2. The van der Waals surface area contributed by atoms with Gasteiger partial charge in [0.2, 0.25) is 5.91 Å². The Morgan fingerprint density at radius 2 is 2.47 bits per heavy atom. The van der Waals surface area contributed by atoms with Crippen molar-refractivity contribution in [3.8, 4) is 0 Å². The first-order chi connectivity index (χ1) is 8.96. The summed E-state index contributed by atoms with van der Waals surface area (Å²) < 4.78 is 22.6. The van der Waals surface area contributed by atoms with E-state index in [1.54, 1.807) is 12.4 Å². The maximum Gasteiger partial charge on any atom is 0.230 e. The molecule has 1 fully saturated rings. The summed E-state index contributed by atoms with van der Waals surface area (Å²) in [4.78, 5) is 11.8. The average molecular weight is 303 g/mol. The zero-order valence-electron chi connectivity index (χ0n) is 10.6. The first kappa shape index (κ1) is 14.4. The minimum atomic E-state index is -2.87. The number of thioether (sulfide) groups is 1. The van der Waals surface area contributed by atoms with E-state index in [1.807, 2.05) is 6.92 Å². The predicted molar refractivity (Wildman–Crippen MR) is 74.7 cm³/mol. The molecule has 1 aromatic heterocycles. The number of carbonyl (C=O) groups excluding carboxylic acids is 1. The van der Waals surface area contributed by atoms with E-state index in [-0.39, 0.29) is 28.7 Å². The number of rotatable bonds is 5. The first-order valence-corrected chi connectivity index (χ1v) is 8.93. The van der Waals surface area contributed by atoms with Gasteiger partial charge in [0.05, 0.1) is 29.5 Å². The lowest BCUT2D eigenvalue weighted by Gasteiger charge is -2.13. The van der Waals surface area contributed by atoms with Crippen molar-refractivity contribution >= 4 is 27.5 Å². The fourth-order valence-electron chi connectivity index (χ4n) is 1.95. The summed E-state index contributed by atoms with van der Waals surface area (Å²) >= 11 is 1.42. The Bertz CT molecular complexity index is 527. The van der Waals surface area contributed by atoms with Crippen molar-refractivity contribution in [2.75, 3.05) is 17.3 Å². The second kappa shape index (κ2) is 5.96. The monoisotopic (exact) mass is 303 g/mol. The van der Waals surface area contributed by atoms with E-state index in [1.165, 1.54) is 11.8 Å². The van der Waals surface area contributed by atoms with Crippen LogP contribution < -0.4 is 5.32 Å². The Hall–Kier alpha value is -1.02. The standard InChI is InChI=1S/C11H17N3O3S2/c1-8(9-4-12-13-5-9)14-11(15)6-18-10-2-3-19(16,17)7-10/h4-5,8,10H,2-3,6-7H2,1H3,(H,12,13)(H,14,15). The number of amides is 1. The van der Waals surface area contributed by atoms with E-state index in [0.717, 1.165) is 5.56 Å². The Balaban J connectivity index is 1.73. The molecule has 19 heavy (non-hydrogen) atoms. The minimum Gasteiger partial charge on any atom is -0.349 e. The lowest BCUT2D eigenvalue weighted by molar-refractivity contribution is -0.119. The third-order valence-electron chi connectivity index (χ3n) is 3.04. The van der Waals surface area contributed by atoms with Gasteiger partial charge in [-0.15, -0.1) is 11.8 Å². The zero-order valence-corrected chi connectivity index (χ0v) is 12.3. The highest BCUT2D eigenvalue weighted by atomic mass is 32.2. The van der Waals surface area contributed by atoms with Crippen LogP contribution in [0.1, 0.15) is 24.9 Å². The SMILES string of the molecule is CC(NC(=O)CSC1CCS(=O)(=O)C1)c1cn[nH]c1. The summed E-state index contributed by atoms with van der Waals surface area (Å²) in [6, 6.07) is -0.0980. The van der Waals surface area contributed by atoms with Gasteiger partial charge in [-0.05, 0) is 13.3 Å².